The maximum Gasteiger partial charge on any atom is 0.257 e. The monoisotopic (exact) mass is 352 g/mol. The van der Waals surface area contributed by atoms with Crippen molar-refractivity contribution in [1.29, 1.82) is 0 Å². The summed E-state index contributed by atoms with van der Waals surface area (Å²) >= 11 is 11.9. The van der Waals surface area contributed by atoms with Gasteiger partial charge in [-0.25, -0.2) is 4.98 Å². The molecule has 1 aromatic carbocycles. The van der Waals surface area contributed by atoms with Crippen molar-refractivity contribution < 1.29 is 4.79 Å². The Kier molecular flexibility index (Phi) is 5.69. The molecule has 1 heterocycles. The zero-order chi connectivity index (χ0) is 17.0. The van der Waals surface area contributed by atoms with E-state index in [0.717, 1.165) is 18.9 Å². The van der Waals surface area contributed by atoms with Crippen LogP contribution in [0.25, 0.3) is 0 Å². The van der Waals surface area contributed by atoms with E-state index in [1.54, 1.807) is 24.4 Å². The molecule has 0 radical (unpaired) electrons. The predicted octanol–water partition coefficient (Wildman–Crippen LogP) is 4.07. The van der Waals surface area contributed by atoms with Gasteiger partial charge in [0.15, 0.2) is 0 Å². The van der Waals surface area contributed by atoms with Crippen LogP contribution in [0.4, 0.5) is 17.2 Å². The maximum atomic E-state index is 12.3. The number of hydrogen-bond acceptors (Lipinski definition) is 4. The molecule has 122 valence electrons. The third kappa shape index (κ3) is 4.06. The van der Waals surface area contributed by atoms with Gasteiger partial charge in [-0.1, -0.05) is 23.2 Å². The molecule has 5 nitrogen and oxygen atoms in total. The van der Waals surface area contributed by atoms with Crippen molar-refractivity contribution in [2.45, 2.75) is 13.8 Å². The quantitative estimate of drug-likeness (QED) is 0.795. The van der Waals surface area contributed by atoms with E-state index in [1.165, 1.54) is 0 Å². The Morgan fingerprint density at radius 2 is 1.83 bits per heavy atom. The van der Waals surface area contributed by atoms with E-state index in [0.29, 0.717) is 21.3 Å². The number of aromatic nitrogens is 1. The van der Waals surface area contributed by atoms with Crippen LogP contribution in [0, 0.1) is 0 Å². The Labute approximate surface area is 145 Å². The Morgan fingerprint density at radius 1 is 1.22 bits per heavy atom. The summed E-state index contributed by atoms with van der Waals surface area (Å²) in [4.78, 5) is 18.7. The van der Waals surface area contributed by atoms with Gasteiger partial charge in [0.1, 0.15) is 5.82 Å². The number of anilines is 3. The van der Waals surface area contributed by atoms with Gasteiger partial charge in [0, 0.05) is 25.0 Å². The number of rotatable bonds is 5. The van der Waals surface area contributed by atoms with Crippen LogP contribution in [0.3, 0.4) is 0 Å². The minimum Gasteiger partial charge on any atom is -0.396 e. The first-order valence-electron chi connectivity index (χ1n) is 7.23. The SMILES string of the molecule is CCN(CC)c1ccc(C(=O)Nc2cc(Cl)c(N)c(Cl)c2)cn1. The van der Waals surface area contributed by atoms with E-state index in [1.807, 2.05) is 6.07 Å². The molecule has 1 aromatic heterocycles. The fourth-order valence-corrected chi connectivity index (χ4v) is 2.60. The summed E-state index contributed by atoms with van der Waals surface area (Å²) < 4.78 is 0. The van der Waals surface area contributed by atoms with E-state index in [9.17, 15) is 4.79 Å². The first-order valence-corrected chi connectivity index (χ1v) is 7.98. The summed E-state index contributed by atoms with van der Waals surface area (Å²) in [5.41, 5.74) is 6.89. The Bertz CT molecular complexity index is 677. The molecule has 1 amide bonds. The van der Waals surface area contributed by atoms with Crippen LogP contribution in [0.5, 0.6) is 0 Å². The van der Waals surface area contributed by atoms with Crippen molar-refractivity contribution in [3.05, 3.63) is 46.1 Å². The van der Waals surface area contributed by atoms with Gasteiger partial charge in [-0.3, -0.25) is 4.79 Å². The second kappa shape index (κ2) is 7.53. The second-order valence-electron chi connectivity index (χ2n) is 4.89. The van der Waals surface area contributed by atoms with Gasteiger partial charge in [-0.05, 0) is 38.1 Å². The average molecular weight is 353 g/mol. The summed E-state index contributed by atoms with van der Waals surface area (Å²) in [6.45, 7) is 5.83. The van der Waals surface area contributed by atoms with Crippen LogP contribution in [-0.4, -0.2) is 24.0 Å². The summed E-state index contributed by atoms with van der Waals surface area (Å²) in [6, 6.07) is 6.66. The molecule has 3 N–H and O–H groups in total. The van der Waals surface area contributed by atoms with Crippen LogP contribution < -0.4 is 16.0 Å². The lowest BCUT2D eigenvalue weighted by Crippen LogP contribution is -2.23. The molecule has 0 spiro atoms. The van der Waals surface area contributed by atoms with Gasteiger partial charge in [0.05, 0.1) is 21.3 Å². The van der Waals surface area contributed by atoms with Crippen molar-refractivity contribution in [3.8, 4) is 0 Å². The van der Waals surface area contributed by atoms with Gasteiger partial charge in [-0.2, -0.15) is 0 Å². The largest absolute Gasteiger partial charge is 0.396 e. The van der Waals surface area contributed by atoms with Gasteiger partial charge < -0.3 is 16.0 Å². The van der Waals surface area contributed by atoms with E-state index >= 15 is 0 Å². The molecule has 7 heteroatoms. The smallest absolute Gasteiger partial charge is 0.257 e. The van der Waals surface area contributed by atoms with Gasteiger partial charge in [0.25, 0.3) is 5.91 Å². The Balaban J connectivity index is 2.15. The van der Waals surface area contributed by atoms with E-state index in [-0.39, 0.29) is 11.6 Å². The van der Waals surface area contributed by atoms with Crippen LogP contribution in [0.1, 0.15) is 24.2 Å². The number of nitrogen functional groups attached to an aromatic ring is 1. The first-order chi connectivity index (χ1) is 11.0. The highest BCUT2D eigenvalue weighted by molar-refractivity contribution is 6.39. The molecule has 0 aliphatic carbocycles. The normalized spacial score (nSPS) is 10.4. The zero-order valence-electron chi connectivity index (χ0n) is 12.9. The van der Waals surface area contributed by atoms with Crippen LogP contribution in [-0.2, 0) is 0 Å². The summed E-state index contributed by atoms with van der Waals surface area (Å²) in [5.74, 6) is 0.547. The zero-order valence-corrected chi connectivity index (χ0v) is 14.4. The topological polar surface area (TPSA) is 71.2 Å². The van der Waals surface area contributed by atoms with Crippen LogP contribution >= 0.6 is 23.2 Å². The number of hydrogen-bond donors (Lipinski definition) is 2. The molecule has 23 heavy (non-hydrogen) atoms. The number of halogens is 2. The molecule has 0 aliphatic heterocycles. The molecule has 0 aliphatic rings. The van der Waals surface area contributed by atoms with Gasteiger partial charge >= 0.3 is 0 Å². The van der Waals surface area contributed by atoms with E-state index in [4.69, 9.17) is 28.9 Å². The third-order valence-corrected chi connectivity index (χ3v) is 4.06. The van der Waals surface area contributed by atoms with Gasteiger partial charge in [0.2, 0.25) is 0 Å². The molecule has 0 unspecified atom stereocenters. The molecule has 2 rings (SSSR count). The van der Waals surface area contributed by atoms with E-state index < -0.39 is 0 Å². The minimum absolute atomic E-state index is 0.288. The number of amides is 1. The molecule has 2 aromatic rings. The number of benzene rings is 1. The number of nitrogens with one attached hydrogen (secondary N) is 1. The van der Waals surface area contributed by atoms with Gasteiger partial charge in [-0.15, -0.1) is 0 Å². The average Bonchev–Trinajstić information content (AvgIpc) is 2.54. The van der Waals surface area contributed by atoms with Crippen LogP contribution in [0.2, 0.25) is 10.0 Å². The molecular weight excluding hydrogens is 335 g/mol. The van der Waals surface area contributed by atoms with Crippen molar-refractivity contribution in [1.82, 2.24) is 4.98 Å². The molecule has 0 saturated carbocycles. The number of carbonyl (C=O) groups is 1. The highest BCUT2D eigenvalue weighted by atomic mass is 35.5. The number of nitrogens with zero attached hydrogens (tertiary/aromatic N) is 2. The van der Waals surface area contributed by atoms with Crippen LogP contribution in [0.15, 0.2) is 30.5 Å². The molecule has 0 saturated heterocycles. The maximum absolute atomic E-state index is 12.3. The predicted molar refractivity (Wildman–Crippen MR) is 96.6 cm³/mol. The Morgan fingerprint density at radius 3 is 2.30 bits per heavy atom. The first kappa shape index (κ1) is 17.4. The fraction of sp³-hybridized carbons (Fsp3) is 0.250. The fourth-order valence-electron chi connectivity index (χ4n) is 2.11. The van der Waals surface area contributed by atoms with Crippen molar-refractivity contribution in [2.24, 2.45) is 0 Å². The lowest BCUT2D eigenvalue weighted by Gasteiger charge is -2.19. The van der Waals surface area contributed by atoms with Crippen molar-refractivity contribution in [3.63, 3.8) is 0 Å². The number of pyridine rings is 1. The van der Waals surface area contributed by atoms with Crippen molar-refractivity contribution in [2.75, 3.05) is 29.0 Å². The third-order valence-electron chi connectivity index (χ3n) is 3.43. The van der Waals surface area contributed by atoms with E-state index in [2.05, 4.69) is 29.0 Å². The lowest BCUT2D eigenvalue weighted by molar-refractivity contribution is 0.102. The second-order valence-corrected chi connectivity index (χ2v) is 5.70. The van der Waals surface area contributed by atoms with Crippen molar-refractivity contribution >= 4 is 46.3 Å². The number of carbonyl (C=O) groups excluding carboxylic acids is 1. The molecule has 0 fully saturated rings. The summed E-state index contributed by atoms with van der Waals surface area (Å²) in [6.07, 6.45) is 1.55. The molecular formula is C16H18Cl2N4O. The minimum atomic E-state index is -0.291. The highest BCUT2D eigenvalue weighted by Gasteiger charge is 2.11. The summed E-state index contributed by atoms with van der Waals surface area (Å²) in [5, 5.41) is 3.32. The highest BCUT2D eigenvalue weighted by Crippen LogP contribution is 2.31. The Hall–Kier alpha value is -1.98. The lowest BCUT2D eigenvalue weighted by atomic mass is 10.2. The summed E-state index contributed by atoms with van der Waals surface area (Å²) in [7, 11) is 0. The standard InChI is InChI=1S/C16H18Cl2N4O/c1-3-22(4-2)14-6-5-10(9-20-14)16(23)21-11-7-12(17)15(19)13(18)8-11/h5-9H,3-4,19H2,1-2H3,(H,21,23). The molecule has 0 atom stereocenters. The molecule has 0 bridgehead atoms. The number of nitrogens with two attached hydrogens (primary N) is 1.